The van der Waals surface area contributed by atoms with Crippen LogP contribution in [0.2, 0.25) is 0 Å². The highest BCUT2D eigenvalue weighted by atomic mass is 16.5. The summed E-state index contributed by atoms with van der Waals surface area (Å²) in [6, 6.07) is 17.7. The van der Waals surface area contributed by atoms with E-state index < -0.39 is 5.66 Å². The van der Waals surface area contributed by atoms with Crippen LogP contribution in [0.3, 0.4) is 0 Å². The summed E-state index contributed by atoms with van der Waals surface area (Å²) in [4.78, 5) is 14.8. The van der Waals surface area contributed by atoms with Crippen molar-refractivity contribution >= 4 is 11.6 Å². The van der Waals surface area contributed by atoms with Gasteiger partial charge in [0.15, 0.2) is 0 Å². The van der Waals surface area contributed by atoms with E-state index >= 15 is 0 Å². The number of fused-ring (bicyclic) bond motifs is 1. The summed E-state index contributed by atoms with van der Waals surface area (Å²) < 4.78 is 0. The molecule has 5 heteroatoms. The summed E-state index contributed by atoms with van der Waals surface area (Å²) in [5.41, 5.74) is 1.92. The molecule has 2 aliphatic rings. The lowest BCUT2D eigenvalue weighted by atomic mass is 9.91. The summed E-state index contributed by atoms with van der Waals surface area (Å²) in [5, 5.41) is 14.8. The molecule has 0 aliphatic carbocycles. The summed E-state index contributed by atoms with van der Waals surface area (Å²) in [6.45, 7) is 2.55. The van der Waals surface area contributed by atoms with Crippen molar-refractivity contribution in [1.82, 2.24) is 9.96 Å². The lowest BCUT2D eigenvalue weighted by Crippen LogP contribution is -2.62. The minimum Gasteiger partial charge on any atom is -0.360 e. The molecular formula is C19H21N3O2. The quantitative estimate of drug-likeness (QED) is 0.835. The second-order valence-electron chi connectivity index (χ2n) is 6.58. The Kier molecular flexibility index (Phi) is 3.75. The van der Waals surface area contributed by atoms with Gasteiger partial charge in [0.25, 0.3) is 5.91 Å². The molecule has 0 aromatic heterocycles. The topological polar surface area (TPSA) is 55.8 Å². The first-order chi connectivity index (χ1) is 11.7. The highest BCUT2D eigenvalue weighted by Gasteiger charge is 2.46. The maximum atomic E-state index is 12.5. The molecule has 4 rings (SSSR count). The molecule has 0 unspecified atom stereocenters. The third-order valence-electron chi connectivity index (χ3n) is 5.05. The van der Waals surface area contributed by atoms with Gasteiger partial charge in [0, 0.05) is 38.2 Å². The number of anilines is 1. The van der Waals surface area contributed by atoms with Crippen LogP contribution >= 0.6 is 0 Å². The number of carbonyl (C=O) groups is 1. The fourth-order valence-electron chi connectivity index (χ4n) is 3.65. The number of likely N-dealkylation sites (tertiary alicyclic amines) is 1. The number of benzene rings is 2. The van der Waals surface area contributed by atoms with Crippen LogP contribution in [0.5, 0.6) is 0 Å². The van der Waals surface area contributed by atoms with E-state index in [4.69, 9.17) is 0 Å². The first-order valence-corrected chi connectivity index (χ1v) is 8.35. The molecule has 124 valence electrons. The molecule has 2 N–H and O–H groups in total. The zero-order valence-electron chi connectivity index (χ0n) is 13.5. The van der Waals surface area contributed by atoms with Gasteiger partial charge in [-0.2, -0.15) is 5.06 Å². The summed E-state index contributed by atoms with van der Waals surface area (Å²) in [5.74, 6) is -0.319. The molecule has 0 bridgehead atoms. The van der Waals surface area contributed by atoms with Gasteiger partial charge in [-0.15, -0.1) is 0 Å². The van der Waals surface area contributed by atoms with Gasteiger partial charge in [0.05, 0.1) is 5.56 Å². The van der Waals surface area contributed by atoms with Crippen LogP contribution in [0.1, 0.15) is 28.8 Å². The summed E-state index contributed by atoms with van der Waals surface area (Å²) in [6.07, 6.45) is 1.38. The van der Waals surface area contributed by atoms with Crippen LogP contribution in [0.25, 0.3) is 0 Å². The minimum absolute atomic E-state index is 0.319. The van der Waals surface area contributed by atoms with E-state index in [-0.39, 0.29) is 5.91 Å². The fourth-order valence-corrected chi connectivity index (χ4v) is 3.65. The maximum absolute atomic E-state index is 12.5. The van der Waals surface area contributed by atoms with E-state index in [9.17, 15) is 10.0 Å². The fraction of sp³-hybridized carbons (Fsp3) is 0.316. The molecule has 2 heterocycles. The second-order valence-corrected chi connectivity index (χ2v) is 6.58. The second kappa shape index (κ2) is 5.92. The van der Waals surface area contributed by atoms with Gasteiger partial charge in [-0.05, 0) is 17.7 Å². The molecule has 5 nitrogen and oxygen atoms in total. The van der Waals surface area contributed by atoms with Crippen LogP contribution in [0.4, 0.5) is 5.69 Å². The van der Waals surface area contributed by atoms with Crippen molar-refractivity contribution in [3.8, 4) is 0 Å². The third kappa shape index (κ3) is 2.56. The predicted octanol–water partition coefficient (Wildman–Crippen LogP) is 2.94. The molecule has 0 radical (unpaired) electrons. The number of hydroxylamine groups is 2. The smallest absolute Gasteiger partial charge is 0.281 e. The average Bonchev–Trinajstić information content (AvgIpc) is 2.63. The van der Waals surface area contributed by atoms with Gasteiger partial charge < -0.3 is 5.32 Å². The lowest BCUT2D eigenvalue weighted by Gasteiger charge is -2.49. The van der Waals surface area contributed by atoms with Gasteiger partial charge in [0.1, 0.15) is 5.66 Å². The van der Waals surface area contributed by atoms with Gasteiger partial charge in [-0.25, -0.2) is 0 Å². The Morgan fingerprint density at radius 3 is 2.42 bits per heavy atom. The average molecular weight is 323 g/mol. The number of amides is 1. The predicted molar refractivity (Wildman–Crippen MR) is 91.7 cm³/mol. The summed E-state index contributed by atoms with van der Waals surface area (Å²) in [7, 11) is 0. The Labute approximate surface area is 141 Å². The van der Waals surface area contributed by atoms with E-state index in [1.165, 1.54) is 5.56 Å². The normalized spacial score (nSPS) is 19.9. The number of rotatable bonds is 2. The van der Waals surface area contributed by atoms with Crippen molar-refractivity contribution in [3.63, 3.8) is 0 Å². The Hall–Kier alpha value is -2.37. The monoisotopic (exact) mass is 323 g/mol. The number of para-hydroxylation sites is 1. The molecule has 2 aromatic carbocycles. The van der Waals surface area contributed by atoms with Crippen LogP contribution in [-0.4, -0.2) is 39.8 Å². The van der Waals surface area contributed by atoms with Crippen molar-refractivity contribution in [1.29, 1.82) is 0 Å². The molecular weight excluding hydrogens is 302 g/mol. The number of hydrogen-bond acceptors (Lipinski definition) is 4. The Morgan fingerprint density at radius 2 is 1.67 bits per heavy atom. The van der Waals surface area contributed by atoms with Gasteiger partial charge >= 0.3 is 0 Å². The first kappa shape index (κ1) is 15.2. The zero-order chi connectivity index (χ0) is 16.6. The molecule has 24 heavy (non-hydrogen) atoms. The molecule has 2 aromatic rings. The van der Waals surface area contributed by atoms with Gasteiger partial charge in [0.2, 0.25) is 0 Å². The number of carbonyl (C=O) groups excluding carboxylic acids is 1. The minimum atomic E-state index is -0.696. The van der Waals surface area contributed by atoms with Gasteiger partial charge in [-0.1, -0.05) is 42.5 Å². The van der Waals surface area contributed by atoms with Crippen LogP contribution < -0.4 is 5.32 Å². The van der Waals surface area contributed by atoms with Crippen molar-refractivity contribution in [2.24, 2.45) is 0 Å². The maximum Gasteiger partial charge on any atom is 0.281 e. The van der Waals surface area contributed by atoms with E-state index in [0.29, 0.717) is 18.4 Å². The number of nitrogens with one attached hydrogen (secondary N) is 1. The SMILES string of the molecule is O=C1c2ccccc2NC2(CCN(Cc3ccccc3)CC2)N1O. The molecule has 0 saturated carbocycles. The Morgan fingerprint density at radius 1 is 1.00 bits per heavy atom. The van der Waals surface area contributed by atoms with Crippen molar-refractivity contribution in [2.45, 2.75) is 25.0 Å². The van der Waals surface area contributed by atoms with Crippen molar-refractivity contribution < 1.29 is 10.0 Å². The number of nitrogens with zero attached hydrogens (tertiary/aromatic N) is 2. The molecule has 0 atom stereocenters. The Balaban J connectivity index is 1.49. The highest BCUT2D eigenvalue weighted by molar-refractivity contribution is 6.01. The van der Waals surface area contributed by atoms with Crippen molar-refractivity contribution in [2.75, 3.05) is 18.4 Å². The standard InChI is InChI=1S/C19H21N3O2/c23-18-16-8-4-5-9-17(16)20-19(22(18)24)10-12-21(13-11-19)14-15-6-2-1-3-7-15/h1-9,20,24H,10-14H2. The largest absolute Gasteiger partial charge is 0.360 e. The lowest BCUT2D eigenvalue weighted by molar-refractivity contribution is -0.142. The number of piperidine rings is 1. The van der Waals surface area contributed by atoms with Crippen LogP contribution in [0.15, 0.2) is 54.6 Å². The zero-order valence-corrected chi connectivity index (χ0v) is 13.5. The molecule has 1 saturated heterocycles. The molecule has 2 aliphatic heterocycles. The van der Waals surface area contributed by atoms with Crippen LogP contribution in [0, 0.1) is 0 Å². The highest BCUT2D eigenvalue weighted by Crippen LogP contribution is 2.36. The first-order valence-electron chi connectivity index (χ1n) is 8.35. The van der Waals surface area contributed by atoms with Crippen molar-refractivity contribution in [3.05, 3.63) is 65.7 Å². The van der Waals surface area contributed by atoms with E-state index in [1.54, 1.807) is 6.07 Å². The molecule has 1 fully saturated rings. The molecule has 1 spiro atoms. The molecule has 1 amide bonds. The third-order valence-corrected chi connectivity index (χ3v) is 5.05. The van der Waals surface area contributed by atoms with Crippen LogP contribution in [-0.2, 0) is 6.54 Å². The Bertz CT molecular complexity index is 739. The van der Waals surface area contributed by atoms with E-state index in [0.717, 1.165) is 30.4 Å². The van der Waals surface area contributed by atoms with Gasteiger partial charge in [-0.3, -0.25) is 14.9 Å². The van der Waals surface area contributed by atoms with E-state index in [1.807, 2.05) is 24.3 Å². The van der Waals surface area contributed by atoms with E-state index in [2.05, 4.69) is 34.5 Å². The summed E-state index contributed by atoms with van der Waals surface area (Å²) >= 11 is 0. The number of hydrogen-bond donors (Lipinski definition) is 2.